The number of unbranched alkanes of at least 4 members (excludes halogenated alkanes) is 2. The molecule has 0 saturated heterocycles. The number of allylic oxidation sites excluding steroid dienone is 1. The first-order chi connectivity index (χ1) is 42.3. The maximum atomic E-state index is 14.1. The molecule has 0 fully saturated rings. The molecule has 2 aliphatic rings. The van der Waals surface area contributed by atoms with Crippen LogP contribution in [0.4, 0.5) is 21.9 Å². The van der Waals surface area contributed by atoms with Crippen LogP contribution in [0.1, 0.15) is 98.5 Å². The molecule has 25 nitrogen and oxygen atoms in total. The Hall–Kier alpha value is -10.6. The summed E-state index contributed by atoms with van der Waals surface area (Å²) in [6, 6.07) is 27.6. The smallest absolute Gasteiger partial charge is 0.410 e. The van der Waals surface area contributed by atoms with Crippen LogP contribution in [-0.2, 0) is 41.7 Å². The van der Waals surface area contributed by atoms with Crippen molar-refractivity contribution in [3.05, 3.63) is 181 Å². The van der Waals surface area contributed by atoms with Crippen molar-refractivity contribution in [3.8, 4) is 0 Å². The molecule has 6 aromatic carbocycles. The van der Waals surface area contributed by atoms with Crippen LogP contribution in [0.3, 0.4) is 0 Å². The van der Waals surface area contributed by atoms with E-state index in [1.807, 2.05) is 17.9 Å². The van der Waals surface area contributed by atoms with Crippen LogP contribution >= 0.6 is 0 Å². The number of imide groups is 2. The number of aldehydes is 1. The molecule has 0 aromatic heterocycles. The third-order valence-corrected chi connectivity index (χ3v) is 15.1. The standard InChI is InChI=1S/C63H64N10O15/c1-3-68(29-31-70-59(79)48-18-10-16-43-35-46(72(84)85)37-50(55(43)48)61(70)81)27-13-28-69(30-32-71-60(80)49-19-11-17-44-36-47(73(86)87)38-51(56(44)49)62(71)82)63(83)88-39-42-22-24-45(25-23-42)66-58(78)52(34-41-14-6-4-7-15-41)67-57(77)40(2)65-54(76)20-8-5-9-26-64-53(75)21-12-33-74/h4,6-7,10-12,14-19,21-25,33,35-38,40,52H,3,5,8-9,13,20,26-32,34,39H2,1-2H3,(H,64,75)(H,65,76)(H,66,78)(H,67,77)/b21-12-/t40?,52-/m0/s1. The van der Waals surface area contributed by atoms with Gasteiger partial charge in [-0.15, -0.1) is 0 Å². The molecule has 2 aliphatic heterocycles. The zero-order valence-corrected chi connectivity index (χ0v) is 48.3. The van der Waals surface area contributed by atoms with Crippen molar-refractivity contribution in [3.63, 3.8) is 0 Å². The average Bonchev–Trinajstić information content (AvgIpc) is 0.815. The van der Waals surface area contributed by atoms with E-state index in [1.54, 1.807) is 78.9 Å². The Labute approximate surface area is 504 Å². The molecule has 25 heteroatoms. The maximum Gasteiger partial charge on any atom is 0.410 e. The highest BCUT2D eigenvalue weighted by Crippen LogP contribution is 2.35. The van der Waals surface area contributed by atoms with Gasteiger partial charge in [-0.2, -0.15) is 0 Å². The number of nitro groups is 2. The fourth-order valence-electron chi connectivity index (χ4n) is 10.4. The molecular formula is C63H64N10O15. The first-order valence-corrected chi connectivity index (χ1v) is 28.6. The number of amides is 9. The van der Waals surface area contributed by atoms with Crippen molar-refractivity contribution < 1.29 is 62.5 Å². The fraction of sp³-hybridized carbons (Fsp3) is 0.302. The van der Waals surface area contributed by atoms with Crippen LogP contribution in [0, 0.1) is 20.2 Å². The van der Waals surface area contributed by atoms with Crippen LogP contribution < -0.4 is 21.3 Å². The summed E-state index contributed by atoms with van der Waals surface area (Å²) in [7, 11) is 0. The van der Waals surface area contributed by atoms with Crippen LogP contribution in [0.15, 0.2) is 127 Å². The van der Waals surface area contributed by atoms with Gasteiger partial charge in [-0.25, -0.2) is 4.79 Å². The third-order valence-electron chi connectivity index (χ3n) is 15.1. The summed E-state index contributed by atoms with van der Waals surface area (Å²) in [5.41, 5.74) is 1.34. The van der Waals surface area contributed by atoms with Crippen LogP contribution in [0.2, 0.25) is 0 Å². The molecule has 9 amide bonds. The van der Waals surface area contributed by atoms with Gasteiger partial charge in [0.15, 0.2) is 0 Å². The molecule has 1 unspecified atom stereocenters. The van der Waals surface area contributed by atoms with Crippen LogP contribution in [-0.4, -0.2) is 154 Å². The molecule has 456 valence electrons. The minimum Gasteiger partial charge on any atom is -0.445 e. The number of anilines is 1. The normalized spacial score (nSPS) is 13.4. The quantitative estimate of drug-likeness (QED) is 0.00915. The summed E-state index contributed by atoms with van der Waals surface area (Å²) in [5, 5.41) is 35.9. The topological polar surface area (TPSA) is 327 Å². The van der Waals surface area contributed by atoms with Gasteiger partial charge in [0.2, 0.25) is 23.6 Å². The van der Waals surface area contributed by atoms with Crippen LogP contribution in [0.5, 0.6) is 0 Å². The number of nitro benzene ring substituents is 2. The average molecular weight is 1200 g/mol. The van der Waals surface area contributed by atoms with Gasteiger partial charge in [0.1, 0.15) is 25.0 Å². The highest BCUT2D eigenvalue weighted by Gasteiger charge is 2.37. The number of nitrogens with zero attached hydrogens (tertiary/aromatic N) is 6. The molecule has 0 bridgehead atoms. The Morgan fingerprint density at radius 2 is 1.23 bits per heavy atom. The molecule has 0 saturated carbocycles. The van der Waals surface area contributed by atoms with E-state index in [2.05, 4.69) is 21.3 Å². The van der Waals surface area contributed by atoms with Crippen molar-refractivity contribution >= 4 is 98.2 Å². The third kappa shape index (κ3) is 15.6. The highest BCUT2D eigenvalue weighted by molar-refractivity contribution is 6.27. The molecular weight excluding hydrogens is 1140 g/mol. The van der Waals surface area contributed by atoms with Crippen LogP contribution in [0.25, 0.3) is 21.5 Å². The number of non-ortho nitro benzene ring substituents is 2. The van der Waals surface area contributed by atoms with Gasteiger partial charge in [0.25, 0.3) is 35.0 Å². The second kappa shape index (κ2) is 29.5. The summed E-state index contributed by atoms with van der Waals surface area (Å²) in [5.74, 6) is -4.60. The van der Waals surface area contributed by atoms with Crippen molar-refractivity contribution in [2.45, 2.75) is 71.1 Å². The monoisotopic (exact) mass is 1200 g/mol. The lowest BCUT2D eigenvalue weighted by Gasteiger charge is -2.31. The maximum absolute atomic E-state index is 14.1. The van der Waals surface area contributed by atoms with E-state index >= 15 is 0 Å². The lowest BCUT2D eigenvalue weighted by molar-refractivity contribution is -0.384. The van der Waals surface area contributed by atoms with E-state index in [1.165, 1.54) is 36.1 Å². The molecule has 0 aliphatic carbocycles. The summed E-state index contributed by atoms with van der Waals surface area (Å²) < 4.78 is 5.81. The molecule has 0 spiro atoms. The van der Waals surface area contributed by atoms with Crippen molar-refractivity contribution in [2.75, 3.05) is 57.7 Å². The highest BCUT2D eigenvalue weighted by atomic mass is 16.6. The second-order valence-electron chi connectivity index (χ2n) is 21.0. The molecule has 4 N–H and O–H groups in total. The SMILES string of the molecule is CCN(CCCN(CCN1C(=O)c2cccc3cc([N+](=O)[O-])cc(c23)C1=O)C(=O)OCc1ccc(NC(=O)[C@H](Cc2ccccc2)NC(=O)C(C)NC(=O)CCCCCNC(=O)/C=C\C=O)cc1)CCN1C(=O)c2cccc3cc([N+](=O)[O-])cc(c23)C1=O. The number of rotatable bonds is 30. The number of likely N-dealkylation sites (N-methyl/N-ethyl adjacent to an activating group) is 1. The zero-order chi connectivity index (χ0) is 63.0. The molecule has 8 rings (SSSR count). The van der Waals surface area contributed by atoms with Gasteiger partial charge in [-0.05, 0) is 91.5 Å². The van der Waals surface area contributed by atoms with E-state index in [4.69, 9.17) is 4.74 Å². The van der Waals surface area contributed by atoms with Gasteiger partial charge in [-0.1, -0.05) is 80.1 Å². The molecule has 2 atom stereocenters. The number of carbonyl (C=O) groups is 10. The Balaban J connectivity index is 0.897. The number of carbonyl (C=O) groups excluding carboxylic acids is 10. The Kier molecular flexibility index (Phi) is 21.3. The fourth-order valence-corrected chi connectivity index (χ4v) is 10.4. The summed E-state index contributed by atoms with van der Waals surface area (Å²) in [6.07, 6.45) is 4.10. The predicted molar refractivity (Wildman–Crippen MR) is 322 cm³/mol. The summed E-state index contributed by atoms with van der Waals surface area (Å²) in [6.45, 7) is 3.84. The Morgan fingerprint density at radius 3 is 1.81 bits per heavy atom. The van der Waals surface area contributed by atoms with Gasteiger partial charge in [-0.3, -0.25) is 73.2 Å². The van der Waals surface area contributed by atoms with E-state index in [0.29, 0.717) is 72.6 Å². The van der Waals surface area contributed by atoms with Crippen molar-refractivity contribution in [1.29, 1.82) is 0 Å². The number of hydrogen-bond acceptors (Lipinski definition) is 16. The number of nitrogens with one attached hydrogen (secondary N) is 4. The first kappa shape index (κ1) is 63.5. The second-order valence-corrected chi connectivity index (χ2v) is 21.0. The molecule has 88 heavy (non-hydrogen) atoms. The molecule has 0 radical (unpaired) electrons. The van der Waals surface area contributed by atoms with E-state index < -0.39 is 69.4 Å². The van der Waals surface area contributed by atoms with E-state index in [9.17, 15) is 68.2 Å². The summed E-state index contributed by atoms with van der Waals surface area (Å²) >= 11 is 0. The van der Waals surface area contributed by atoms with Gasteiger partial charge >= 0.3 is 6.09 Å². The number of benzene rings is 6. The number of ether oxygens (including phenoxy) is 1. The summed E-state index contributed by atoms with van der Waals surface area (Å²) in [4.78, 5) is 159. The predicted octanol–water partition coefficient (Wildman–Crippen LogP) is 6.65. The van der Waals surface area contributed by atoms with E-state index in [-0.39, 0.29) is 104 Å². The number of hydrogen-bond donors (Lipinski definition) is 4. The molecule has 6 aromatic rings. The van der Waals surface area contributed by atoms with E-state index in [0.717, 1.165) is 33.6 Å². The molecule has 2 heterocycles. The minimum atomic E-state index is -1.08. The van der Waals surface area contributed by atoms with Gasteiger partial charge in [0, 0.05) is 110 Å². The minimum absolute atomic E-state index is 0.0221. The van der Waals surface area contributed by atoms with Crippen molar-refractivity contribution in [2.24, 2.45) is 0 Å². The lowest BCUT2D eigenvalue weighted by Crippen LogP contribution is -2.52. The Morgan fingerprint density at radius 1 is 0.636 bits per heavy atom. The van der Waals surface area contributed by atoms with Crippen molar-refractivity contribution in [1.82, 2.24) is 35.6 Å². The largest absolute Gasteiger partial charge is 0.445 e. The zero-order valence-electron chi connectivity index (χ0n) is 48.3. The first-order valence-electron chi connectivity index (χ1n) is 28.6. The Bertz CT molecular complexity index is 3740. The van der Waals surface area contributed by atoms with Gasteiger partial charge < -0.3 is 35.8 Å². The lowest BCUT2D eigenvalue weighted by atomic mass is 9.93. The van der Waals surface area contributed by atoms with Gasteiger partial charge in [0.05, 0.1) is 21.0 Å².